The van der Waals surface area contributed by atoms with E-state index in [9.17, 15) is 18.0 Å². The smallest absolute Gasteiger partial charge is 0.263 e. The van der Waals surface area contributed by atoms with Crippen LogP contribution in [0, 0.1) is 5.92 Å². The van der Waals surface area contributed by atoms with Gasteiger partial charge < -0.3 is 20.1 Å². The van der Waals surface area contributed by atoms with E-state index >= 15 is 0 Å². The third kappa shape index (κ3) is 6.55. The molecule has 0 saturated heterocycles. The summed E-state index contributed by atoms with van der Waals surface area (Å²) in [6.07, 6.45) is 2.05. The number of nitrogens with one attached hydrogen (secondary N) is 3. The van der Waals surface area contributed by atoms with Crippen molar-refractivity contribution in [1.29, 1.82) is 0 Å². The first-order chi connectivity index (χ1) is 19.7. The molecule has 3 aromatic carbocycles. The zero-order chi connectivity index (χ0) is 29.0. The van der Waals surface area contributed by atoms with Crippen LogP contribution in [-0.4, -0.2) is 44.3 Å². The molecule has 1 aliphatic rings. The predicted octanol–water partition coefficient (Wildman–Crippen LogP) is 4.89. The Hall–Kier alpha value is -4.71. The molecule has 5 rings (SSSR count). The highest BCUT2D eigenvalue weighted by molar-refractivity contribution is 7.92. The lowest BCUT2D eigenvalue weighted by Crippen LogP contribution is -2.19. The van der Waals surface area contributed by atoms with E-state index in [0.717, 1.165) is 6.42 Å². The first-order valence-corrected chi connectivity index (χ1v) is 14.4. The molecule has 0 spiro atoms. The molecule has 212 valence electrons. The van der Waals surface area contributed by atoms with Crippen molar-refractivity contribution in [3.05, 3.63) is 66.7 Å². The molecule has 0 radical (unpaired) electrons. The Bertz CT molecular complexity index is 1700. The van der Waals surface area contributed by atoms with Gasteiger partial charge >= 0.3 is 0 Å². The van der Waals surface area contributed by atoms with E-state index in [0.29, 0.717) is 46.7 Å². The molecule has 1 atom stereocenters. The van der Waals surface area contributed by atoms with Crippen LogP contribution in [0.2, 0.25) is 0 Å². The summed E-state index contributed by atoms with van der Waals surface area (Å²) in [5.74, 6) is 0.651. The summed E-state index contributed by atoms with van der Waals surface area (Å²) in [6, 6.07) is 18.1. The number of aromatic nitrogens is 2. The largest absolute Gasteiger partial charge is 0.497 e. The first kappa shape index (κ1) is 27.8. The second-order valence-electron chi connectivity index (χ2n) is 9.58. The van der Waals surface area contributed by atoms with E-state index in [1.54, 1.807) is 42.5 Å². The van der Waals surface area contributed by atoms with Crippen LogP contribution in [0.15, 0.2) is 71.6 Å². The van der Waals surface area contributed by atoms with Crippen molar-refractivity contribution >= 4 is 55.8 Å². The average Bonchev–Trinajstić information content (AvgIpc) is 3.36. The lowest BCUT2D eigenvalue weighted by molar-refractivity contribution is -0.125. The van der Waals surface area contributed by atoms with E-state index in [1.165, 1.54) is 32.4 Å². The van der Waals surface area contributed by atoms with Crippen molar-refractivity contribution in [2.24, 2.45) is 5.92 Å². The molecule has 12 heteroatoms. The van der Waals surface area contributed by atoms with Crippen molar-refractivity contribution in [3.63, 3.8) is 0 Å². The van der Waals surface area contributed by atoms with Crippen LogP contribution in [-0.2, 0) is 19.6 Å². The molecule has 0 bridgehead atoms. The van der Waals surface area contributed by atoms with Crippen LogP contribution in [0.1, 0.15) is 25.7 Å². The number of nitrogens with zero attached hydrogens (tertiary/aromatic N) is 2. The van der Waals surface area contributed by atoms with Gasteiger partial charge in [0, 0.05) is 48.3 Å². The third-order valence-corrected chi connectivity index (χ3v) is 8.04. The van der Waals surface area contributed by atoms with Crippen LogP contribution in [0.3, 0.4) is 0 Å². The number of ketones is 1. The minimum absolute atomic E-state index is 0.0281. The molecular formula is C29H29N5O6S. The van der Waals surface area contributed by atoms with Gasteiger partial charge in [0.2, 0.25) is 5.91 Å². The van der Waals surface area contributed by atoms with Gasteiger partial charge in [-0.15, -0.1) is 0 Å². The van der Waals surface area contributed by atoms with E-state index in [4.69, 9.17) is 9.47 Å². The maximum absolute atomic E-state index is 13.5. The van der Waals surface area contributed by atoms with Crippen molar-refractivity contribution in [3.8, 4) is 11.5 Å². The second kappa shape index (κ2) is 11.8. The molecule has 1 fully saturated rings. The van der Waals surface area contributed by atoms with Gasteiger partial charge in [0.05, 0.1) is 30.1 Å². The van der Waals surface area contributed by atoms with E-state index < -0.39 is 10.0 Å². The summed E-state index contributed by atoms with van der Waals surface area (Å²) < 4.78 is 40.2. The first-order valence-electron chi connectivity index (χ1n) is 13.0. The molecule has 11 nitrogen and oxygen atoms in total. The van der Waals surface area contributed by atoms with Gasteiger partial charge in [-0.1, -0.05) is 18.2 Å². The molecule has 41 heavy (non-hydrogen) atoms. The summed E-state index contributed by atoms with van der Waals surface area (Å²) >= 11 is 0. The minimum atomic E-state index is -4.16. The van der Waals surface area contributed by atoms with Crippen LogP contribution in [0.5, 0.6) is 11.5 Å². The topological polar surface area (TPSA) is 149 Å². The number of anilines is 4. The Morgan fingerprint density at radius 1 is 0.902 bits per heavy atom. The fourth-order valence-electron chi connectivity index (χ4n) is 4.64. The summed E-state index contributed by atoms with van der Waals surface area (Å²) in [5, 5.41) is 5.83. The molecule has 4 aromatic rings. The molecule has 1 aromatic heterocycles. The van der Waals surface area contributed by atoms with Crippen LogP contribution in [0.4, 0.5) is 23.0 Å². The Morgan fingerprint density at radius 3 is 2.22 bits per heavy atom. The standard InChI is InChI=1S/C29H29N5O6S/c1-39-21-14-20(15-22(17-21)40-2)31-28-29(33-25-11-4-3-10-24(25)32-28)34-41(37,38)23-9-6-8-19(16-23)30-27(36)13-18-7-5-12-26(18)35/h3-4,6,8-11,14-18H,5,7,12-13H2,1-2H3,(H,30,36)(H,31,32)(H,33,34). The molecule has 1 heterocycles. The number of hydrogen-bond acceptors (Lipinski definition) is 9. The molecule has 1 saturated carbocycles. The van der Waals surface area contributed by atoms with Crippen LogP contribution >= 0.6 is 0 Å². The number of ether oxygens (including phenoxy) is 2. The third-order valence-electron chi connectivity index (χ3n) is 6.71. The van der Waals surface area contributed by atoms with Gasteiger partial charge in [-0.25, -0.2) is 18.4 Å². The van der Waals surface area contributed by atoms with Gasteiger partial charge in [-0.3, -0.25) is 14.3 Å². The zero-order valence-corrected chi connectivity index (χ0v) is 23.3. The Balaban J connectivity index is 1.42. The quantitative estimate of drug-likeness (QED) is 0.240. The Labute approximate surface area is 237 Å². The van der Waals surface area contributed by atoms with Gasteiger partial charge in [0.15, 0.2) is 11.6 Å². The number of amides is 1. The van der Waals surface area contributed by atoms with Gasteiger partial charge in [0.25, 0.3) is 10.0 Å². The van der Waals surface area contributed by atoms with E-state index in [-0.39, 0.29) is 40.6 Å². The van der Waals surface area contributed by atoms with Gasteiger partial charge in [-0.05, 0) is 43.2 Å². The molecule has 1 amide bonds. The van der Waals surface area contributed by atoms with Crippen LogP contribution < -0.4 is 24.8 Å². The maximum Gasteiger partial charge on any atom is 0.263 e. The Kier molecular flexibility index (Phi) is 8.02. The molecule has 1 unspecified atom stereocenters. The lowest BCUT2D eigenvalue weighted by Gasteiger charge is -2.15. The summed E-state index contributed by atoms with van der Waals surface area (Å²) in [4.78, 5) is 33.5. The van der Waals surface area contributed by atoms with Gasteiger partial charge in [0.1, 0.15) is 17.3 Å². The monoisotopic (exact) mass is 575 g/mol. The van der Waals surface area contributed by atoms with E-state index in [1.807, 2.05) is 6.07 Å². The number of sulfonamides is 1. The minimum Gasteiger partial charge on any atom is -0.497 e. The highest BCUT2D eigenvalue weighted by atomic mass is 32.2. The number of Topliss-reactive ketones (excluding diaryl/α,β-unsaturated/α-hetero) is 1. The normalized spacial score (nSPS) is 15.0. The number of hydrogen-bond donors (Lipinski definition) is 3. The maximum atomic E-state index is 13.5. The molecule has 1 aliphatic carbocycles. The van der Waals surface area contributed by atoms with Crippen molar-refractivity contribution < 1.29 is 27.5 Å². The Morgan fingerprint density at radius 2 is 1.59 bits per heavy atom. The fourth-order valence-corrected chi connectivity index (χ4v) is 5.70. The fraction of sp³-hybridized carbons (Fsp3) is 0.241. The zero-order valence-electron chi connectivity index (χ0n) is 22.5. The average molecular weight is 576 g/mol. The highest BCUT2D eigenvalue weighted by Gasteiger charge is 2.27. The summed E-state index contributed by atoms with van der Waals surface area (Å²) in [7, 11) is -1.11. The van der Waals surface area contributed by atoms with Crippen molar-refractivity contribution in [2.75, 3.05) is 29.6 Å². The number of fused-ring (bicyclic) bond motifs is 1. The van der Waals surface area contributed by atoms with E-state index in [2.05, 4.69) is 25.3 Å². The number of methoxy groups -OCH3 is 2. The molecule has 0 aliphatic heterocycles. The lowest BCUT2D eigenvalue weighted by atomic mass is 10.0. The van der Waals surface area contributed by atoms with Crippen molar-refractivity contribution in [2.45, 2.75) is 30.6 Å². The van der Waals surface area contributed by atoms with Crippen LogP contribution in [0.25, 0.3) is 11.0 Å². The van der Waals surface area contributed by atoms with Gasteiger partial charge in [-0.2, -0.15) is 0 Å². The molecular weight excluding hydrogens is 546 g/mol. The number of benzene rings is 3. The highest BCUT2D eigenvalue weighted by Crippen LogP contribution is 2.32. The van der Waals surface area contributed by atoms with Crippen molar-refractivity contribution in [1.82, 2.24) is 9.97 Å². The molecule has 3 N–H and O–H groups in total. The number of carbonyl (C=O) groups excluding carboxylic acids is 2. The predicted molar refractivity (Wildman–Crippen MR) is 155 cm³/mol. The number of carbonyl (C=O) groups is 2. The number of rotatable bonds is 10. The SMILES string of the molecule is COc1cc(Nc2nc3ccccc3nc2NS(=O)(=O)c2cccc(NC(=O)CC3CCCC3=O)c2)cc(OC)c1. The summed E-state index contributed by atoms with van der Waals surface area (Å²) in [5.41, 5.74) is 1.88. The summed E-state index contributed by atoms with van der Waals surface area (Å²) in [6.45, 7) is 0. The second-order valence-corrected chi connectivity index (χ2v) is 11.3. The number of para-hydroxylation sites is 2.